The van der Waals surface area contributed by atoms with Crippen LogP contribution in [0.15, 0.2) is 36.4 Å². The van der Waals surface area contributed by atoms with Gasteiger partial charge in [0.1, 0.15) is 0 Å². The predicted octanol–water partition coefficient (Wildman–Crippen LogP) is 7.66. The van der Waals surface area contributed by atoms with Crippen LogP contribution in [0.5, 0.6) is 0 Å². The lowest BCUT2D eigenvalue weighted by molar-refractivity contribution is -0.142. The molecule has 6 fully saturated rings. The van der Waals surface area contributed by atoms with E-state index in [-0.39, 0.29) is 73.1 Å². The Morgan fingerprint density at radius 3 is 1.18 bits per heavy atom. The van der Waals surface area contributed by atoms with Crippen molar-refractivity contribution in [3.8, 4) is 0 Å². The molecule has 6 aliphatic rings. The van der Waals surface area contributed by atoms with Crippen molar-refractivity contribution in [2.24, 2.45) is 0 Å². The molecule has 2 aromatic rings. The Hall–Kier alpha value is -3.00. The van der Waals surface area contributed by atoms with Gasteiger partial charge in [0, 0.05) is 38.3 Å². The van der Waals surface area contributed by atoms with Crippen LogP contribution < -0.4 is 0 Å². The molecule has 328 valence electrons. The first-order valence-electron chi connectivity index (χ1n) is 21.6. The molecule has 0 spiro atoms. The highest BCUT2D eigenvalue weighted by molar-refractivity contribution is 6.42. The molecular weight excluding hydrogens is 850 g/mol. The van der Waals surface area contributed by atoms with Crippen molar-refractivity contribution in [2.45, 2.75) is 113 Å². The van der Waals surface area contributed by atoms with E-state index < -0.39 is 0 Å². The number of benzene rings is 2. The van der Waals surface area contributed by atoms with Crippen molar-refractivity contribution in [1.82, 2.24) is 29.4 Å². The van der Waals surface area contributed by atoms with Gasteiger partial charge in [-0.2, -0.15) is 0 Å². The quantitative estimate of drug-likeness (QED) is 0.291. The van der Waals surface area contributed by atoms with Crippen molar-refractivity contribution >= 4 is 70.4 Å². The van der Waals surface area contributed by atoms with Crippen molar-refractivity contribution in [3.63, 3.8) is 0 Å². The maximum Gasteiger partial charge on any atom is 0.409 e. The van der Waals surface area contributed by atoms with Crippen LogP contribution in [0.25, 0.3) is 0 Å². The maximum atomic E-state index is 13.4. The fourth-order valence-electron chi connectivity index (χ4n) is 10.9. The number of hydrogen-bond acceptors (Lipinski definition) is 8. The van der Waals surface area contributed by atoms with Crippen molar-refractivity contribution in [2.75, 3.05) is 66.6 Å². The molecule has 2 aromatic carbocycles. The van der Waals surface area contributed by atoms with E-state index in [4.69, 9.17) is 55.9 Å². The van der Waals surface area contributed by atoms with E-state index in [1.54, 1.807) is 24.3 Å². The molecule has 60 heavy (non-hydrogen) atoms. The van der Waals surface area contributed by atoms with E-state index in [9.17, 15) is 19.2 Å². The molecule has 0 radical (unpaired) electrons. The summed E-state index contributed by atoms with van der Waals surface area (Å²) in [5, 5.41) is 1.90. The van der Waals surface area contributed by atoms with E-state index in [1.807, 2.05) is 31.7 Å². The number of methoxy groups -OCH3 is 2. The van der Waals surface area contributed by atoms with E-state index in [0.717, 1.165) is 75.8 Å². The van der Waals surface area contributed by atoms with Gasteiger partial charge in [-0.3, -0.25) is 19.4 Å². The largest absolute Gasteiger partial charge is 0.453 e. The van der Waals surface area contributed by atoms with Gasteiger partial charge >= 0.3 is 12.2 Å². The minimum atomic E-state index is -0.288. The summed E-state index contributed by atoms with van der Waals surface area (Å²) in [6.07, 6.45) is 10.8. The molecule has 0 aromatic heterocycles. The molecule has 4 heterocycles. The van der Waals surface area contributed by atoms with Crippen LogP contribution in [0.3, 0.4) is 0 Å². The van der Waals surface area contributed by atoms with E-state index in [1.165, 1.54) is 39.9 Å². The Morgan fingerprint density at radius 1 is 0.483 bits per heavy atom. The number of amides is 4. The summed E-state index contributed by atoms with van der Waals surface area (Å²) >= 11 is 24.4. The van der Waals surface area contributed by atoms with E-state index >= 15 is 0 Å². The number of nitrogens with zero attached hydrogens (tertiary/aromatic N) is 6. The Balaban J connectivity index is 0.000000181. The fraction of sp³-hybridized carbons (Fsp3) is 0.636. The minimum absolute atomic E-state index is 0.0000258. The predicted molar refractivity (Wildman–Crippen MR) is 234 cm³/mol. The summed E-state index contributed by atoms with van der Waals surface area (Å²) < 4.78 is 10.1. The third-order valence-corrected chi connectivity index (χ3v) is 15.1. The Morgan fingerprint density at radius 2 is 0.833 bits per heavy atom. The zero-order chi connectivity index (χ0) is 42.5. The molecule has 4 aliphatic heterocycles. The molecule has 0 N–H and O–H groups in total. The first kappa shape index (κ1) is 45.0. The third-order valence-electron chi connectivity index (χ3n) is 13.6. The van der Waals surface area contributed by atoms with Gasteiger partial charge in [0.15, 0.2) is 0 Å². The number of likely N-dealkylation sites (tertiary alicyclic amines) is 2. The van der Waals surface area contributed by atoms with Gasteiger partial charge in [-0.1, -0.05) is 58.5 Å². The van der Waals surface area contributed by atoms with Crippen LogP contribution in [0, 0.1) is 0 Å². The highest BCUT2D eigenvalue weighted by Gasteiger charge is 2.50. The molecule has 2 aliphatic carbocycles. The Kier molecular flexibility index (Phi) is 15.4. The van der Waals surface area contributed by atoms with E-state index in [0.29, 0.717) is 46.3 Å². The molecule has 4 saturated heterocycles. The number of halogens is 4. The Bertz CT molecular complexity index is 1730. The fourth-order valence-corrected chi connectivity index (χ4v) is 11.5. The van der Waals surface area contributed by atoms with Gasteiger partial charge in [0.05, 0.1) is 71.3 Å². The van der Waals surface area contributed by atoms with Gasteiger partial charge in [-0.15, -0.1) is 0 Å². The van der Waals surface area contributed by atoms with Crippen LogP contribution in [-0.4, -0.2) is 156 Å². The monoisotopic (exact) mass is 906 g/mol. The number of rotatable bonds is 6. The van der Waals surface area contributed by atoms with Crippen LogP contribution in [-0.2, 0) is 31.9 Å². The number of carbonyl (C=O) groups excluding carboxylic acids is 4. The first-order valence-corrected chi connectivity index (χ1v) is 23.1. The van der Waals surface area contributed by atoms with Crippen LogP contribution >= 0.6 is 46.4 Å². The van der Waals surface area contributed by atoms with Gasteiger partial charge in [0.25, 0.3) is 0 Å². The molecule has 16 heteroatoms. The lowest BCUT2D eigenvalue weighted by Crippen LogP contribution is -2.69. The SMILES string of the molecule is COC(=O)N1CCN(C(=O)Cc2ccc(Cl)c(Cl)c2)[C@@H]2[C@@H](N3CCCC3)CCC[C@@H]21.COC(=O)N1CCN(C(=O)Cc2ccc(Cl)c(Cl)c2)[C@H]2[C@H](N3CCCC3)CCC[C@H]21. The lowest BCUT2D eigenvalue weighted by Gasteiger charge is -2.54. The summed E-state index contributed by atoms with van der Waals surface area (Å²) in [7, 11) is 2.86. The van der Waals surface area contributed by atoms with Crippen molar-refractivity contribution < 1.29 is 28.7 Å². The molecule has 2 saturated carbocycles. The van der Waals surface area contributed by atoms with Crippen LogP contribution in [0.1, 0.15) is 75.3 Å². The van der Waals surface area contributed by atoms with Crippen LogP contribution in [0.2, 0.25) is 20.1 Å². The van der Waals surface area contributed by atoms with Gasteiger partial charge < -0.3 is 29.1 Å². The summed E-state index contributed by atoms with van der Waals surface area (Å²) in [6, 6.07) is 11.3. The summed E-state index contributed by atoms with van der Waals surface area (Å²) in [5.74, 6) is 0.165. The summed E-state index contributed by atoms with van der Waals surface area (Å²) in [5.41, 5.74) is 1.71. The lowest BCUT2D eigenvalue weighted by atomic mass is 9.81. The Labute approximate surface area is 374 Å². The van der Waals surface area contributed by atoms with Gasteiger partial charge in [0.2, 0.25) is 11.8 Å². The first-order chi connectivity index (χ1) is 29.0. The summed E-state index contributed by atoms with van der Waals surface area (Å²) in [4.78, 5) is 64.5. The summed E-state index contributed by atoms with van der Waals surface area (Å²) in [6.45, 7) is 6.35. The van der Waals surface area contributed by atoms with Gasteiger partial charge in [-0.25, -0.2) is 9.59 Å². The highest BCUT2D eigenvalue weighted by atomic mass is 35.5. The standard InChI is InChI=1S/2C22H29Cl2N3O3/c2*1-30-22(29)26-11-12-27(20(28)14-15-7-8-16(23)17(24)13-15)21-18(5-4-6-19(21)26)25-9-2-3-10-25/h2*7-8,13,18-19,21H,2-6,9-12,14H2,1H3/t2*18-,19-,21+/m10/s1. The smallest absolute Gasteiger partial charge is 0.409 e. The average molecular weight is 909 g/mol. The molecular formula is C44H58Cl4N6O6. The number of piperazine rings is 2. The van der Waals surface area contributed by atoms with Gasteiger partial charge in [-0.05, 0) is 126 Å². The molecule has 8 rings (SSSR count). The number of ether oxygens (including phenoxy) is 2. The minimum Gasteiger partial charge on any atom is -0.453 e. The third kappa shape index (κ3) is 9.94. The second-order valence-electron chi connectivity index (χ2n) is 17.0. The number of carbonyl (C=O) groups is 4. The zero-order valence-corrected chi connectivity index (χ0v) is 37.7. The maximum absolute atomic E-state index is 13.4. The second-order valence-corrected chi connectivity index (χ2v) is 18.6. The number of hydrogen-bond donors (Lipinski definition) is 0. The highest BCUT2D eigenvalue weighted by Crippen LogP contribution is 2.37. The normalized spacial score (nSPS) is 27.1. The average Bonchev–Trinajstić information content (AvgIpc) is 4.01. The van der Waals surface area contributed by atoms with Crippen molar-refractivity contribution in [1.29, 1.82) is 0 Å². The second kappa shape index (κ2) is 20.5. The molecule has 4 amide bonds. The molecule has 0 bridgehead atoms. The molecule has 12 nitrogen and oxygen atoms in total. The molecule has 6 atom stereocenters. The topological polar surface area (TPSA) is 106 Å². The molecule has 0 unspecified atom stereocenters. The van der Waals surface area contributed by atoms with E-state index in [2.05, 4.69) is 9.80 Å². The number of fused-ring (bicyclic) bond motifs is 2. The zero-order valence-electron chi connectivity index (χ0n) is 34.7. The van der Waals surface area contributed by atoms with Crippen LogP contribution in [0.4, 0.5) is 9.59 Å². The van der Waals surface area contributed by atoms with Crippen molar-refractivity contribution in [3.05, 3.63) is 67.6 Å².